The molecule has 5 heteroatoms. The van der Waals surface area contributed by atoms with Crippen LogP contribution in [0.1, 0.15) is 12.5 Å². The molecule has 0 spiro atoms. The number of benzene rings is 1. The van der Waals surface area contributed by atoms with Gasteiger partial charge in [0, 0.05) is 18.5 Å². The molecular formula is C13H20N2O3. The predicted molar refractivity (Wildman–Crippen MR) is 71.1 cm³/mol. The smallest absolute Gasteiger partial charge is 0.228 e. The molecule has 0 aromatic heterocycles. The fourth-order valence-corrected chi connectivity index (χ4v) is 1.52. The van der Waals surface area contributed by atoms with Crippen molar-refractivity contribution in [1.29, 1.82) is 0 Å². The van der Waals surface area contributed by atoms with Gasteiger partial charge in [-0.2, -0.15) is 0 Å². The number of methoxy groups -OCH3 is 2. The minimum Gasteiger partial charge on any atom is -0.497 e. The number of anilines is 1. The number of carbonyl (C=O) groups is 1. The van der Waals surface area contributed by atoms with Gasteiger partial charge in [0.25, 0.3) is 0 Å². The predicted octanol–water partition coefficient (Wildman–Crippen LogP) is 1.55. The van der Waals surface area contributed by atoms with Crippen LogP contribution in [-0.2, 0) is 4.79 Å². The molecule has 18 heavy (non-hydrogen) atoms. The first-order valence-corrected chi connectivity index (χ1v) is 5.77. The number of hydrogen-bond donors (Lipinski definition) is 2. The summed E-state index contributed by atoms with van der Waals surface area (Å²) in [6.07, 6.45) is 0. The lowest BCUT2D eigenvalue weighted by Crippen LogP contribution is -2.27. The van der Waals surface area contributed by atoms with E-state index in [0.29, 0.717) is 23.7 Å². The van der Waals surface area contributed by atoms with Crippen molar-refractivity contribution in [2.24, 2.45) is 11.7 Å². The van der Waals surface area contributed by atoms with Gasteiger partial charge in [-0.1, -0.05) is 6.92 Å². The van der Waals surface area contributed by atoms with Crippen LogP contribution < -0.4 is 20.5 Å². The maximum atomic E-state index is 11.8. The Morgan fingerprint density at radius 3 is 2.56 bits per heavy atom. The number of nitrogens with two attached hydrogens (primary N) is 1. The molecule has 100 valence electrons. The van der Waals surface area contributed by atoms with Crippen molar-refractivity contribution >= 4 is 11.6 Å². The Bertz CT molecular complexity index is 432. The molecule has 0 bridgehead atoms. The van der Waals surface area contributed by atoms with Gasteiger partial charge >= 0.3 is 0 Å². The van der Waals surface area contributed by atoms with E-state index < -0.39 is 0 Å². The Labute approximate surface area is 107 Å². The number of amides is 1. The first-order valence-electron chi connectivity index (χ1n) is 5.77. The molecule has 3 N–H and O–H groups in total. The monoisotopic (exact) mass is 252 g/mol. The number of carbonyl (C=O) groups excluding carboxylic acids is 1. The molecular weight excluding hydrogens is 232 g/mol. The lowest BCUT2D eigenvalue weighted by atomic mass is 10.1. The van der Waals surface area contributed by atoms with Crippen molar-refractivity contribution < 1.29 is 14.3 Å². The zero-order valence-electron chi connectivity index (χ0n) is 11.2. The highest BCUT2D eigenvalue weighted by atomic mass is 16.5. The number of hydrogen-bond acceptors (Lipinski definition) is 4. The molecule has 1 amide bonds. The van der Waals surface area contributed by atoms with E-state index in [2.05, 4.69) is 5.32 Å². The second-order valence-corrected chi connectivity index (χ2v) is 4.15. The van der Waals surface area contributed by atoms with E-state index in [1.165, 1.54) is 0 Å². The summed E-state index contributed by atoms with van der Waals surface area (Å²) in [5.41, 5.74) is 7.00. The largest absolute Gasteiger partial charge is 0.497 e. The average molecular weight is 252 g/mol. The maximum Gasteiger partial charge on any atom is 0.228 e. The Morgan fingerprint density at radius 2 is 2.06 bits per heavy atom. The van der Waals surface area contributed by atoms with E-state index in [9.17, 15) is 4.79 Å². The van der Waals surface area contributed by atoms with E-state index >= 15 is 0 Å². The molecule has 0 fully saturated rings. The van der Waals surface area contributed by atoms with Crippen LogP contribution in [-0.4, -0.2) is 26.7 Å². The van der Waals surface area contributed by atoms with Gasteiger partial charge in [-0.3, -0.25) is 4.79 Å². The molecule has 0 aliphatic carbocycles. The van der Waals surface area contributed by atoms with Crippen LogP contribution in [0, 0.1) is 12.8 Å². The maximum absolute atomic E-state index is 11.8. The lowest BCUT2D eigenvalue weighted by Gasteiger charge is -2.16. The van der Waals surface area contributed by atoms with Gasteiger partial charge in [-0.15, -0.1) is 0 Å². The van der Waals surface area contributed by atoms with Gasteiger partial charge in [0.15, 0.2) is 0 Å². The molecule has 1 unspecified atom stereocenters. The van der Waals surface area contributed by atoms with E-state index in [1.807, 2.05) is 13.0 Å². The summed E-state index contributed by atoms with van der Waals surface area (Å²) in [7, 11) is 3.14. The third kappa shape index (κ3) is 3.13. The summed E-state index contributed by atoms with van der Waals surface area (Å²) in [6.45, 7) is 3.97. The highest BCUT2D eigenvalue weighted by molar-refractivity contribution is 5.94. The van der Waals surface area contributed by atoms with Crippen LogP contribution in [0.3, 0.4) is 0 Å². The molecule has 0 aliphatic rings. The van der Waals surface area contributed by atoms with Crippen LogP contribution in [0.4, 0.5) is 5.69 Å². The molecule has 1 rings (SSSR count). The second kappa shape index (κ2) is 6.26. The van der Waals surface area contributed by atoms with Crippen molar-refractivity contribution in [2.45, 2.75) is 13.8 Å². The Hall–Kier alpha value is -1.75. The van der Waals surface area contributed by atoms with Crippen molar-refractivity contribution in [2.75, 3.05) is 26.1 Å². The number of aryl methyl sites for hydroxylation is 1. The van der Waals surface area contributed by atoms with Crippen molar-refractivity contribution in [3.05, 3.63) is 17.7 Å². The summed E-state index contributed by atoms with van der Waals surface area (Å²) in [6, 6.07) is 3.57. The van der Waals surface area contributed by atoms with Gasteiger partial charge in [-0.25, -0.2) is 0 Å². The van der Waals surface area contributed by atoms with E-state index in [4.69, 9.17) is 15.2 Å². The van der Waals surface area contributed by atoms with Gasteiger partial charge in [0.1, 0.15) is 11.5 Å². The zero-order chi connectivity index (χ0) is 13.7. The first kappa shape index (κ1) is 14.3. The van der Waals surface area contributed by atoms with Crippen LogP contribution >= 0.6 is 0 Å². The van der Waals surface area contributed by atoms with Gasteiger partial charge in [0.05, 0.1) is 19.9 Å². The quantitative estimate of drug-likeness (QED) is 0.833. The SMILES string of the molecule is COc1cc(C)c(NC(=O)C(C)CN)c(OC)c1. The molecule has 0 aliphatic heterocycles. The molecule has 0 heterocycles. The summed E-state index contributed by atoms with van der Waals surface area (Å²) in [5, 5.41) is 2.83. The summed E-state index contributed by atoms with van der Waals surface area (Å²) in [4.78, 5) is 11.8. The average Bonchev–Trinajstić information content (AvgIpc) is 2.39. The van der Waals surface area contributed by atoms with Crippen molar-refractivity contribution in [3.63, 3.8) is 0 Å². The van der Waals surface area contributed by atoms with Crippen LogP contribution in [0.15, 0.2) is 12.1 Å². The summed E-state index contributed by atoms with van der Waals surface area (Å²) in [5.74, 6) is 0.902. The molecule has 0 saturated carbocycles. The minimum atomic E-state index is -0.240. The van der Waals surface area contributed by atoms with Crippen LogP contribution in [0.2, 0.25) is 0 Å². The Morgan fingerprint density at radius 1 is 1.39 bits per heavy atom. The standard InChI is InChI=1S/C13H20N2O3/c1-8-5-10(17-3)6-11(18-4)12(8)15-13(16)9(2)7-14/h5-6,9H,7,14H2,1-4H3,(H,15,16). The van der Waals surface area contributed by atoms with Gasteiger partial charge in [0.2, 0.25) is 5.91 Å². The second-order valence-electron chi connectivity index (χ2n) is 4.15. The van der Waals surface area contributed by atoms with E-state index in [1.54, 1.807) is 27.2 Å². The summed E-state index contributed by atoms with van der Waals surface area (Å²) < 4.78 is 10.4. The number of ether oxygens (including phenoxy) is 2. The fourth-order valence-electron chi connectivity index (χ4n) is 1.52. The van der Waals surface area contributed by atoms with Crippen LogP contribution in [0.5, 0.6) is 11.5 Å². The molecule has 1 atom stereocenters. The molecule has 5 nitrogen and oxygen atoms in total. The summed E-state index contributed by atoms with van der Waals surface area (Å²) >= 11 is 0. The fraction of sp³-hybridized carbons (Fsp3) is 0.462. The van der Waals surface area contributed by atoms with Crippen molar-refractivity contribution in [3.8, 4) is 11.5 Å². The molecule has 0 radical (unpaired) electrons. The highest BCUT2D eigenvalue weighted by Gasteiger charge is 2.16. The topological polar surface area (TPSA) is 73.6 Å². The molecule has 0 saturated heterocycles. The van der Waals surface area contributed by atoms with E-state index in [0.717, 1.165) is 5.56 Å². The minimum absolute atomic E-state index is 0.121. The van der Waals surface area contributed by atoms with Crippen molar-refractivity contribution in [1.82, 2.24) is 0 Å². The third-order valence-corrected chi connectivity index (χ3v) is 2.78. The van der Waals surface area contributed by atoms with Gasteiger partial charge < -0.3 is 20.5 Å². The number of nitrogens with one attached hydrogen (secondary N) is 1. The Balaban J connectivity index is 3.04. The Kier molecular flexibility index (Phi) is 4.97. The highest BCUT2D eigenvalue weighted by Crippen LogP contribution is 2.33. The lowest BCUT2D eigenvalue weighted by molar-refractivity contribution is -0.119. The molecule has 1 aromatic rings. The molecule has 1 aromatic carbocycles. The normalized spacial score (nSPS) is 11.8. The van der Waals surface area contributed by atoms with E-state index in [-0.39, 0.29) is 11.8 Å². The third-order valence-electron chi connectivity index (χ3n) is 2.78. The first-order chi connectivity index (χ1) is 8.53. The van der Waals surface area contributed by atoms with Gasteiger partial charge in [-0.05, 0) is 18.6 Å². The number of rotatable bonds is 5. The zero-order valence-corrected chi connectivity index (χ0v) is 11.2. The van der Waals surface area contributed by atoms with Crippen LogP contribution in [0.25, 0.3) is 0 Å².